The van der Waals surface area contributed by atoms with Gasteiger partial charge in [0.2, 0.25) is 5.91 Å². The number of aryl methyl sites for hydroxylation is 3. The third kappa shape index (κ3) is 3.81. The fourth-order valence-corrected chi connectivity index (χ4v) is 3.64. The van der Waals surface area contributed by atoms with Gasteiger partial charge < -0.3 is 14.9 Å². The number of carbonyl (C=O) groups is 2. The van der Waals surface area contributed by atoms with E-state index in [4.69, 9.17) is 9.63 Å². The van der Waals surface area contributed by atoms with Crippen LogP contribution in [0.25, 0.3) is 0 Å². The summed E-state index contributed by atoms with van der Waals surface area (Å²) in [7, 11) is 0. The molecular weight excluding hydrogens is 330 g/mol. The highest BCUT2D eigenvalue weighted by atomic mass is 32.1. The molecule has 0 saturated carbocycles. The van der Waals surface area contributed by atoms with Crippen LogP contribution in [0.3, 0.4) is 0 Å². The van der Waals surface area contributed by atoms with Crippen molar-refractivity contribution in [3.8, 4) is 0 Å². The summed E-state index contributed by atoms with van der Waals surface area (Å²) in [5.74, 6) is -0.417. The fraction of sp³-hybridized carbons (Fsp3) is 0.500. The summed E-state index contributed by atoms with van der Waals surface area (Å²) in [5, 5.41) is 16.5. The lowest BCUT2D eigenvalue weighted by Gasteiger charge is -2.14. The molecule has 130 valence electrons. The predicted molar refractivity (Wildman–Crippen MR) is 89.4 cm³/mol. The van der Waals surface area contributed by atoms with Crippen LogP contribution in [0.15, 0.2) is 4.52 Å². The quantitative estimate of drug-likeness (QED) is 0.828. The predicted octanol–water partition coefficient (Wildman–Crippen LogP) is 3.13. The van der Waals surface area contributed by atoms with E-state index in [0.717, 1.165) is 28.4 Å². The first-order valence-electron chi connectivity index (χ1n) is 7.63. The van der Waals surface area contributed by atoms with E-state index in [-0.39, 0.29) is 22.7 Å². The number of carboxylic acid groups (broad SMARTS) is 1. The normalized spacial score (nSPS) is 13.5. The number of thiazole rings is 1. The van der Waals surface area contributed by atoms with Crippen molar-refractivity contribution in [2.45, 2.75) is 53.0 Å². The van der Waals surface area contributed by atoms with Crippen molar-refractivity contribution in [3.63, 3.8) is 0 Å². The second-order valence-corrected chi connectivity index (χ2v) is 6.93. The van der Waals surface area contributed by atoms with Crippen LogP contribution in [0.4, 0.5) is 0 Å². The molecule has 7 nitrogen and oxygen atoms in total. The van der Waals surface area contributed by atoms with Gasteiger partial charge in [-0.3, -0.25) is 4.79 Å². The number of amides is 1. The van der Waals surface area contributed by atoms with Gasteiger partial charge in [0.1, 0.15) is 15.6 Å². The fourth-order valence-electron chi connectivity index (χ4n) is 2.74. The summed E-state index contributed by atoms with van der Waals surface area (Å²) in [5.41, 5.74) is 2.21. The Morgan fingerprint density at radius 1 is 1.25 bits per heavy atom. The van der Waals surface area contributed by atoms with E-state index in [0.29, 0.717) is 17.1 Å². The zero-order valence-corrected chi connectivity index (χ0v) is 15.2. The summed E-state index contributed by atoms with van der Waals surface area (Å²) in [4.78, 5) is 27.8. The molecule has 0 fully saturated rings. The summed E-state index contributed by atoms with van der Waals surface area (Å²) >= 11 is 1.09. The Morgan fingerprint density at radius 3 is 2.42 bits per heavy atom. The highest BCUT2D eigenvalue weighted by Gasteiger charge is 2.22. The van der Waals surface area contributed by atoms with Crippen molar-refractivity contribution < 1.29 is 19.2 Å². The number of nitrogens with zero attached hydrogens (tertiary/aromatic N) is 2. The molecule has 0 bridgehead atoms. The van der Waals surface area contributed by atoms with Gasteiger partial charge in [-0.05, 0) is 33.6 Å². The number of rotatable bonds is 6. The molecule has 0 aliphatic heterocycles. The highest BCUT2D eigenvalue weighted by Crippen LogP contribution is 2.27. The monoisotopic (exact) mass is 351 g/mol. The molecule has 24 heavy (non-hydrogen) atoms. The molecule has 2 unspecified atom stereocenters. The van der Waals surface area contributed by atoms with Gasteiger partial charge >= 0.3 is 5.97 Å². The Labute approximate surface area is 144 Å². The van der Waals surface area contributed by atoms with Gasteiger partial charge in [0.05, 0.1) is 17.4 Å². The minimum Gasteiger partial charge on any atom is -0.477 e. The number of nitrogens with one attached hydrogen (secondary N) is 1. The highest BCUT2D eigenvalue weighted by molar-refractivity contribution is 7.13. The van der Waals surface area contributed by atoms with E-state index in [1.165, 1.54) is 0 Å². The lowest BCUT2D eigenvalue weighted by Crippen LogP contribution is -2.27. The van der Waals surface area contributed by atoms with Crippen LogP contribution in [0.1, 0.15) is 69.6 Å². The molecule has 0 aliphatic rings. The maximum Gasteiger partial charge on any atom is 0.347 e. The minimum absolute atomic E-state index is 0.0175. The number of hydrogen-bond donors (Lipinski definition) is 2. The van der Waals surface area contributed by atoms with Gasteiger partial charge in [0.25, 0.3) is 0 Å². The molecular formula is C16H21N3O4S. The van der Waals surface area contributed by atoms with Crippen molar-refractivity contribution in [1.29, 1.82) is 0 Å². The van der Waals surface area contributed by atoms with Crippen LogP contribution in [-0.2, 0) is 4.79 Å². The Bertz CT molecular complexity index is 746. The maximum atomic E-state index is 12.3. The van der Waals surface area contributed by atoms with Gasteiger partial charge in [-0.25, -0.2) is 9.78 Å². The first-order chi connectivity index (χ1) is 11.2. The van der Waals surface area contributed by atoms with Gasteiger partial charge in [-0.1, -0.05) is 12.1 Å². The Kier molecular flexibility index (Phi) is 5.38. The van der Waals surface area contributed by atoms with Crippen molar-refractivity contribution in [2.75, 3.05) is 0 Å². The average Bonchev–Trinajstić information content (AvgIpc) is 3.01. The molecule has 2 aromatic heterocycles. The zero-order chi connectivity index (χ0) is 18.0. The molecule has 2 N–H and O–H groups in total. The Morgan fingerprint density at radius 2 is 1.92 bits per heavy atom. The second kappa shape index (κ2) is 7.12. The summed E-state index contributed by atoms with van der Waals surface area (Å²) < 4.78 is 5.14. The minimum atomic E-state index is -0.998. The number of hydrogen-bond acceptors (Lipinski definition) is 6. The lowest BCUT2D eigenvalue weighted by atomic mass is 9.96. The van der Waals surface area contributed by atoms with Crippen molar-refractivity contribution >= 4 is 23.2 Å². The topological polar surface area (TPSA) is 105 Å². The number of carbonyl (C=O) groups excluding carboxylic acids is 1. The summed E-state index contributed by atoms with van der Waals surface area (Å²) in [6.07, 6.45) is 0.295. The number of aromatic carboxylic acids is 1. The van der Waals surface area contributed by atoms with E-state index in [1.54, 1.807) is 13.8 Å². The van der Waals surface area contributed by atoms with Crippen LogP contribution in [0, 0.1) is 20.8 Å². The van der Waals surface area contributed by atoms with Gasteiger partial charge in [-0.15, -0.1) is 11.3 Å². The molecule has 1 amide bonds. The number of carboxylic acids is 1. The molecule has 2 aromatic rings. The third-order valence-corrected chi connectivity index (χ3v) is 5.16. The molecule has 0 spiro atoms. The number of aromatic nitrogens is 2. The van der Waals surface area contributed by atoms with Gasteiger partial charge in [0.15, 0.2) is 0 Å². The Hall–Kier alpha value is -2.22. The molecule has 0 aliphatic carbocycles. The molecule has 0 aromatic carbocycles. The Balaban J connectivity index is 2.01. The largest absolute Gasteiger partial charge is 0.477 e. The van der Waals surface area contributed by atoms with Crippen LogP contribution in [0.5, 0.6) is 0 Å². The van der Waals surface area contributed by atoms with E-state index in [9.17, 15) is 9.59 Å². The molecule has 8 heteroatoms. The first kappa shape index (κ1) is 18.1. The maximum absolute atomic E-state index is 12.3. The molecule has 2 atom stereocenters. The lowest BCUT2D eigenvalue weighted by molar-refractivity contribution is -0.122. The SMILES string of the molecule is Cc1nc(C(C)NC(=O)CC(C)c2c(C)noc2C)sc1C(=O)O. The van der Waals surface area contributed by atoms with Gasteiger partial charge in [-0.2, -0.15) is 0 Å². The van der Waals surface area contributed by atoms with Crippen LogP contribution < -0.4 is 5.32 Å². The van der Waals surface area contributed by atoms with E-state index in [2.05, 4.69) is 15.5 Å². The van der Waals surface area contributed by atoms with Crippen LogP contribution in [-0.4, -0.2) is 27.1 Å². The van der Waals surface area contributed by atoms with Crippen molar-refractivity contribution in [1.82, 2.24) is 15.5 Å². The first-order valence-corrected chi connectivity index (χ1v) is 8.45. The van der Waals surface area contributed by atoms with Crippen LogP contribution in [0.2, 0.25) is 0 Å². The molecule has 0 radical (unpaired) electrons. The summed E-state index contributed by atoms with van der Waals surface area (Å²) in [6.45, 7) is 9.08. The standard InChI is InChI=1S/C16H21N3O4S/c1-7(13-8(2)19-23-11(13)5)6-12(20)17-10(4)15-18-9(3)14(24-15)16(21)22/h7,10H,6H2,1-5H3,(H,17,20)(H,21,22). The van der Waals surface area contributed by atoms with Crippen LogP contribution >= 0.6 is 11.3 Å². The third-order valence-electron chi connectivity index (χ3n) is 3.83. The smallest absolute Gasteiger partial charge is 0.347 e. The molecule has 2 rings (SSSR count). The molecule has 0 saturated heterocycles. The zero-order valence-electron chi connectivity index (χ0n) is 14.3. The molecule has 2 heterocycles. The van der Waals surface area contributed by atoms with E-state index < -0.39 is 5.97 Å². The summed E-state index contributed by atoms with van der Waals surface area (Å²) in [6, 6.07) is -0.342. The van der Waals surface area contributed by atoms with E-state index in [1.807, 2.05) is 20.8 Å². The van der Waals surface area contributed by atoms with E-state index >= 15 is 0 Å². The second-order valence-electron chi connectivity index (χ2n) is 5.90. The van der Waals surface area contributed by atoms with Gasteiger partial charge in [0, 0.05) is 12.0 Å². The average molecular weight is 351 g/mol. The van der Waals surface area contributed by atoms with Crippen molar-refractivity contribution in [2.24, 2.45) is 0 Å². The van der Waals surface area contributed by atoms with Crippen molar-refractivity contribution in [3.05, 3.63) is 32.6 Å².